The molecule has 1 aromatic rings. The second-order valence-corrected chi connectivity index (χ2v) is 5.49. The molecule has 0 unspecified atom stereocenters. The van der Waals surface area contributed by atoms with Gasteiger partial charge in [0, 0.05) is 19.2 Å². The number of piperidine rings is 1. The first kappa shape index (κ1) is 15.8. The molecule has 3 heteroatoms. The minimum atomic E-state index is -0.190. The average Bonchev–Trinajstić information content (AvgIpc) is 2.50. The number of esters is 1. The third-order valence-electron chi connectivity index (χ3n) is 3.89. The van der Waals surface area contributed by atoms with Gasteiger partial charge in [0.15, 0.2) is 0 Å². The van der Waals surface area contributed by atoms with Crippen LogP contribution in [-0.4, -0.2) is 37.1 Å². The number of carbonyl (C=O) groups excluding carboxylic acids is 1. The highest BCUT2D eigenvalue weighted by Gasteiger charge is 2.14. The van der Waals surface area contributed by atoms with Crippen molar-refractivity contribution in [3.63, 3.8) is 0 Å². The topological polar surface area (TPSA) is 29.5 Å². The van der Waals surface area contributed by atoms with E-state index < -0.39 is 0 Å². The summed E-state index contributed by atoms with van der Waals surface area (Å²) in [6.07, 6.45) is 6.00. The number of carbonyl (C=O) groups is 1. The van der Waals surface area contributed by atoms with Crippen LogP contribution in [-0.2, 0) is 16.0 Å². The zero-order chi connectivity index (χ0) is 14.9. The lowest BCUT2D eigenvalue weighted by Gasteiger charge is -2.28. The predicted molar refractivity (Wildman–Crippen MR) is 85.2 cm³/mol. The highest BCUT2D eigenvalue weighted by molar-refractivity contribution is 5.82. The van der Waals surface area contributed by atoms with Crippen molar-refractivity contribution in [3.8, 4) is 0 Å². The molecule has 0 aromatic heterocycles. The van der Waals surface area contributed by atoms with Gasteiger partial charge in [-0.2, -0.15) is 0 Å². The van der Waals surface area contributed by atoms with Gasteiger partial charge in [-0.05, 0) is 44.7 Å². The summed E-state index contributed by atoms with van der Waals surface area (Å²) < 4.78 is 4.96. The van der Waals surface area contributed by atoms with E-state index in [1.54, 1.807) is 6.08 Å². The van der Waals surface area contributed by atoms with E-state index in [4.69, 9.17) is 4.74 Å². The molecule has 1 saturated heterocycles. The maximum atomic E-state index is 11.4. The van der Waals surface area contributed by atoms with E-state index in [9.17, 15) is 4.79 Å². The molecule has 0 bridgehead atoms. The van der Waals surface area contributed by atoms with Gasteiger partial charge >= 0.3 is 5.97 Å². The standard InChI is InChI=1S/C18H25NO2/c1-2-21-18(20)15-17-10-13-19(14-11-17)12-6-9-16-7-4-3-5-8-16/h3-5,7-8,15H,2,6,9-14H2,1H3. The van der Waals surface area contributed by atoms with Gasteiger partial charge in [0.05, 0.1) is 6.61 Å². The van der Waals surface area contributed by atoms with Crippen molar-refractivity contribution in [1.82, 2.24) is 4.90 Å². The molecule has 1 fully saturated rings. The Bertz CT molecular complexity index is 457. The summed E-state index contributed by atoms with van der Waals surface area (Å²) in [4.78, 5) is 13.9. The molecule has 3 nitrogen and oxygen atoms in total. The number of hydrogen-bond acceptors (Lipinski definition) is 3. The number of aryl methyl sites for hydroxylation is 1. The number of hydrogen-bond donors (Lipinski definition) is 0. The molecular weight excluding hydrogens is 262 g/mol. The molecule has 2 rings (SSSR count). The lowest BCUT2D eigenvalue weighted by atomic mass is 10.0. The van der Waals surface area contributed by atoms with Crippen LogP contribution in [0.15, 0.2) is 42.0 Å². The van der Waals surface area contributed by atoms with Gasteiger partial charge < -0.3 is 9.64 Å². The van der Waals surface area contributed by atoms with Crippen LogP contribution in [0.3, 0.4) is 0 Å². The first-order chi connectivity index (χ1) is 10.3. The van der Waals surface area contributed by atoms with E-state index >= 15 is 0 Å². The van der Waals surface area contributed by atoms with E-state index in [1.807, 2.05) is 6.92 Å². The van der Waals surface area contributed by atoms with Gasteiger partial charge in [0.25, 0.3) is 0 Å². The van der Waals surface area contributed by atoms with E-state index in [1.165, 1.54) is 17.6 Å². The van der Waals surface area contributed by atoms with E-state index in [0.717, 1.165) is 38.9 Å². The maximum absolute atomic E-state index is 11.4. The fraction of sp³-hybridized carbons (Fsp3) is 0.500. The SMILES string of the molecule is CCOC(=O)C=C1CCN(CCCc2ccccc2)CC1. The van der Waals surface area contributed by atoms with Crippen molar-refractivity contribution in [2.24, 2.45) is 0 Å². The second kappa shape index (κ2) is 8.63. The Hall–Kier alpha value is -1.61. The van der Waals surface area contributed by atoms with Crippen molar-refractivity contribution in [1.29, 1.82) is 0 Å². The summed E-state index contributed by atoms with van der Waals surface area (Å²) in [7, 11) is 0. The van der Waals surface area contributed by atoms with Crippen molar-refractivity contribution in [2.75, 3.05) is 26.2 Å². The van der Waals surface area contributed by atoms with Crippen LogP contribution in [0.25, 0.3) is 0 Å². The number of ether oxygens (including phenoxy) is 1. The molecule has 1 heterocycles. The van der Waals surface area contributed by atoms with Crippen LogP contribution in [0.1, 0.15) is 31.7 Å². The number of rotatable bonds is 6. The van der Waals surface area contributed by atoms with Crippen LogP contribution in [0.4, 0.5) is 0 Å². The van der Waals surface area contributed by atoms with Gasteiger partial charge in [-0.15, -0.1) is 0 Å². The van der Waals surface area contributed by atoms with Gasteiger partial charge in [0.2, 0.25) is 0 Å². The molecule has 114 valence electrons. The van der Waals surface area contributed by atoms with Gasteiger partial charge in [-0.3, -0.25) is 0 Å². The molecule has 0 spiro atoms. The Morgan fingerprint density at radius 1 is 1.24 bits per heavy atom. The fourth-order valence-corrected chi connectivity index (χ4v) is 2.71. The molecule has 1 aliphatic rings. The molecule has 21 heavy (non-hydrogen) atoms. The summed E-state index contributed by atoms with van der Waals surface area (Å²) in [5, 5.41) is 0. The number of likely N-dealkylation sites (tertiary alicyclic amines) is 1. The van der Waals surface area contributed by atoms with Crippen LogP contribution in [0.5, 0.6) is 0 Å². The van der Waals surface area contributed by atoms with Gasteiger partial charge in [-0.1, -0.05) is 35.9 Å². The average molecular weight is 287 g/mol. The van der Waals surface area contributed by atoms with Crippen molar-refractivity contribution in [2.45, 2.75) is 32.6 Å². The highest BCUT2D eigenvalue weighted by atomic mass is 16.5. The number of benzene rings is 1. The summed E-state index contributed by atoms with van der Waals surface area (Å²) in [6, 6.07) is 10.6. The lowest BCUT2D eigenvalue weighted by Crippen LogP contribution is -2.32. The number of nitrogens with zero attached hydrogens (tertiary/aromatic N) is 1. The molecule has 0 amide bonds. The zero-order valence-corrected chi connectivity index (χ0v) is 12.9. The molecule has 0 N–H and O–H groups in total. The first-order valence-electron chi connectivity index (χ1n) is 7.90. The predicted octanol–water partition coefficient (Wildman–Crippen LogP) is 3.20. The molecular formula is C18H25NO2. The van der Waals surface area contributed by atoms with Crippen LogP contribution < -0.4 is 0 Å². The van der Waals surface area contributed by atoms with Crippen molar-refractivity contribution < 1.29 is 9.53 Å². The summed E-state index contributed by atoms with van der Waals surface area (Å²) in [5.41, 5.74) is 2.64. The van der Waals surface area contributed by atoms with Crippen LogP contribution >= 0.6 is 0 Å². The smallest absolute Gasteiger partial charge is 0.330 e. The Morgan fingerprint density at radius 3 is 2.62 bits per heavy atom. The third kappa shape index (κ3) is 5.72. The molecule has 1 aromatic carbocycles. The first-order valence-corrected chi connectivity index (χ1v) is 7.90. The molecule has 0 saturated carbocycles. The van der Waals surface area contributed by atoms with E-state index in [0.29, 0.717) is 6.61 Å². The summed E-state index contributed by atoms with van der Waals surface area (Å²) in [6.45, 7) is 5.54. The van der Waals surface area contributed by atoms with Crippen LogP contribution in [0, 0.1) is 0 Å². The minimum absolute atomic E-state index is 0.190. The second-order valence-electron chi connectivity index (χ2n) is 5.49. The largest absolute Gasteiger partial charge is 0.463 e. The third-order valence-corrected chi connectivity index (χ3v) is 3.89. The van der Waals surface area contributed by atoms with Crippen molar-refractivity contribution >= 4 is 5.97 Å². The molecule has 0 aliphatic carbocycles. The fourth-order valence-electron chi connectivity index (χ4n) is 2.71. The van der Waals surface area contributed by atoms with Gasteiger partial charge in [-0.25, -0.2) is 4.79 Å². The quantitative estimate of drug-likeness (QED) is 0.594. The molecule has 0 radical (unpaired) electrons. The Morgan fingerprint density at radius 2 is 1.95 bits per heavy atom. The highest BCUT2D eigenvalue weighted by Crippen LogP contribution is 2.16. The lowest BCUT2D eigenvalue weighted by molar-refractivity contribution is -0.137. The van der Waals surface area contributed by atoms with Crippen LogP contribution in [0.2, 0.25) is 0 Å². The Labute approximate surface area is 127 Å². The van der Waals surface area contributed by atoms with E-state index in [-0.39, 0.29) is 5.97 Å². The zero-order valence-electron chi connectivity index (χ0n) is 12.9. The molecule has 1 aliphatic heterocycles. The Kier molecular flexibility index (Phi) is 6.48. The maximum Gasteiger partial charge on any atom is 0.330 e. The normalized spacial score (nSPS) is 15.8. The summed E-state index contributed by atoms with van der Waals surface area (Å²) >= 11 is 0. The summed E-state index contributed by atoms with van der Waals surface area (Å²) in [5.74, 6) is -0.190. The Balaban J connectivity index is 1.66. The van der Waals surface area contributed by atoms with Crippen molar-refractivity contribution in [3.05, 3.63) is 47.5 Å². The minimum Gasteiger partial charge on any atom is -0.463 e. The molecule has 0 atom stereocenters. The van der Waals surface area contributed by atoms with E-state index in [2.05, 4.69) is 35.2 Å². The monoisotopic (exact) mass is 287 g/mol. The van der Waals surface area contributed by atoms with Gasteiger partial charge in [0.1, 0.15) is 0 Å².